The molecular weight excluding hydrogens is 492 g/mol. The summed E-state index contributed by atoms with van der Waals surface area (Å²) in [5, 5.41) is 0. The third-order valence-corrected chi connectivity index (χ3v) is 6.14. The van der Waals surface area contributed by atoms with Crippen molar-refractivity contribution in [2.75, 3.05) is 39.6 Å². The lowest BCUT2D eigenvalue weighted by molar-refractivity contribution is -0.139. The standard InChI is InChI=1S/C33H32O6/c34-31(27-13-5-1-6-14-27)32(35)38-25-23-36-21-22-37-24-26-39-33(28-15-7-2-8-16-28,29-17-9-3-10-18-29)30-19-11-4-12-20-30/h1-20H,21-26H2. The monoisotopic (exact) mass is 524 g/mol. The molecule has 0 spiro atoms. The summed E-state index contributed by atoms with van der Waals surface area (Å²) in [5.74, 6) is -1.56. The minimum Gasteiger partial charge on any atom is -0.457 e. The van der Waals surface area contributed by atoms with E-state index in [0.29, 0.717) is 32.0 Å². The Balaban J connectivity index is 1.24. The molecule has 39 heavy (non-hydrogen) atoms. The van der Waals surface area contributed by atoms with Crippen LogP contribution in [-0.2, 0) is 29.3 Å². The Labute approximate surface area is 229 Å². The molecule has 0 bridgehead atoms. The van der Waals surface area contributed by atoms with Gasteiger partial charge in [0.05, 0.1) is 33.0 Å². The number of carbonyl (C=O) groups excluding carboxylic acids is 2. The van der Waals surface area contributed by atoms with Gasteiger partial charge in [-0.25, -0.2) is 4.79 Å². The second kappa shape index (κ2) is 14.7. The van der Waals surface area contributed by atoms with E-state index in [2.05, 4.69) is 36.4 Å². The van der Waals surface area contributed by atoms with Crippen molar-refractivity contribution >= 4 is 11.8 Å². The van der Waals surface area contributed by atoms with Crippen molar-refractivity contribution in [3.05, 3.63) is 144 Å². The molecule has 0 fully saturated rings. The van der Waals surface area contributed by atoms with Gasteiger partial charge in [0.25, 0.3) is 5.78 Å². The first-order chi connectivity index (χ1) is 19.2. The molecule has 6 nitrogen and oxygen atoms in total. The Morgan fingerprint density at radius 1 is 0.487 bits per heavy atom. The molecule has 0 aliphatic carbocycles. The second-order valence-corrected chi connectivity index (χ2v) is 8.68. The zero-order chi connectivity index (χ0) is 27.2. The number of esters is 1. The van der Waals surface area contributed by atoms with Crippen LogP contribution in [0.15, 0.2) is 121 Å². The van der Waals surface area contributed by atoms with E-state index in [-0.39, 0.29) is 13.2 Å². The van der Waals surface area contributed by atoms with Crippen LogP contribution in [-0.4, -0.2) is 51.4 Å². The Hall–Kier alpha value is -4.10. The van der Waals surface area contributed by atoms with Crippen molar-refractivity contribution in [2.24, 2.45) is 0 Å². The highest BCUT2D eigenvalue weighted by molar-refractivity contribution is 6.40. The number of rotatable bonds is 15. The van der Waals surface area contributed by atoms with Crippen molar-refractivity contribution in [3.8, 4) is 0 Å². The Bertz CT molecular complexity index is 1180. The number of benzene rings is 4. The molecule has 0 atom stereocenters. The fourth-order valence-corrected chi connectivity index (χ4v) is 4.31. The van der Waals surface area contributed by atoms with Gasteiger partial charge >= 0.3 is 5.97 Å². The Morgan fingerprint density at radius 2 is 0.872 bits per heavy atom. The van der Waals surface area contributed by atoms with Gasteiger partial charge in [-0.3, -0.25) is 4.79 Å². The van der Waals surface area contributed by atoms with Crippen LogP contribution in [0.3, 0.4) is 0 Å². The van der Waals surface area contributed by atoms with Gasteiger partial charge in [0.1, 0.15) is 12.2 Å². The molecule has 0 saturated heterocycles. The van der Waals surface area contributed by atoms with E-state index < -0.39 is 17.4 Å². The maximum atomic E-state index is 12.0. The van der Waals surface area contributed by atoms with Crippen molar-refractivity contribution in [2.45, 2.75) is 5.60 Å². The van der Waals surface area contributed by atoms with Crippen LogP contribution in [0.2, 0.25) is 0 Å². The first kappa shape index (κ1) is 27.9. The van der Waals surface area contributed by atoms with Crippen molar-refractivity contribution in [3.63, 3.8) is 0 Å². The molecule has 6 heteroatoms. The fraction of sp³-hybridized carbons (Fsp3) is 0.212. The molecule has 4 rings (SSSR count). The van der Waals surface area contributed by atoms with Crippen LogP contribution in [0.1, 0.15) is 27.0 Å². The van der Waals surface area contributed by atoms with Crippen LogP contribution in [0, 0.1) is 0 Å². The van der Waals surface area contributed by atoms with Gasteiger partial charge in [-0.15, -0.1) is 0 Å². The largest absolute Gasteiger partial charge is 0.457 e. The van der Waals surface area contributed by atoms with Crippen molar-refractivity contribution < 1.29 is 28.5 Å². The van der Waals surface area contributed by atoms with Gasteiger partial charge in [-0.05, 0) is 16.7 Å². The summed E-state index contributed by atoms with van der Waals surface area (Å²) in [5.41, 5.74) is 2.61. The molecule has 4 aromatic rings. The predicted molar refractivity (Wildman–Crippen MR) is 149 cm³/mol. The van der Waals surface area contributed by atoms with E-state index in [9.17, 15) is 9.59 Å². The van der Waals surface area contributed by atoms with E-state index in [1.165, 1.54) is 0 Å². The first-order valence-corrected chi connectivity index (χ1v) is 12.9. The maximum Gasteiger partial charge on any atom is 0.379 e. The molecule has 0 N–H and O–H groups in total. The number of carbonyl (C=O) groups is 2. The minimum absolute atomic E-state index is 0.00569. The van der Waals surface area contributed by atoms with Crippen LogP contribution < -0.4 is 0 Å². The SMILES string of the molecule is O=C(OCCOCCOCCOC(c1ccccc1)(c1ccccc1)c1ccccc1)C(=O)c1ccccc1. The molecule has 4 aromatic carbocycles. The molecule has 0 aliphatic rings. The number of hydrogen-bond acceptors (Lipinski definition) is 6. The Kier molecular flexibility index (Phi) is 10.6. The lowest BCUT2D eigenvalue weighted by Gasteiger charge is -2.36. The molecule has 0 saturated carbocycles. The smallest absolute Gasteiger partial charge is 0.379 e. The zero-order valence-corrected chi connectivity index (χ0v) is 21.7. The molecule has 200 valence electrons. The summed E-state index contributed by atoms with van der Waals surface area (Å²) in [6.07, 6.45) is 0. The third kappa shape index (κ3) is 7.48. The summed E-state index contributed by atoms with van der Waals surface area (Å²) in [4.78, 5) is 23.9. The number of Topliss-reactive ketones (excluding diaryl/α,β-unsaturated/α-hetero) is 1. The molecule has 0 aromatic heterocycles. The molecule has 0 unspecified atom stereocenters. The molecule has 0 aliphatic heterocycles. The Morgan fingerprint density at radius 3 is 1.33 bits per heavy atom. The van der Waals surface area contributed by atoms with Gasteiger partial charge in [-0.1, -0.05) is 121 Å². The van der Waals surface area contributed by atoms with Gasteiger partial charge in [-0.2, -0.15) is 0 Å². The fourth-order valence-electron chi connectivity index (χ4n) is 4.31. The average molecular weight is 525 g/mol. The minimum atomic E-state index is -0.892. The summed E-state index contributed by atoms with van der Waals surface area (Å²) in [7, 11) is 0. The van der Waals surface area contributed by atoms with Crippen molar-refractivity contribution in [1.29, 1.82) is 0 Å². The summed E-state index contributed by atoms with van der Waals surface area (Å²) in [6, 6.07) is 38.9. The summed E-state index contributed by atoms with van der Waals surface area (Å²) >= 11 is 0. The highest BCUT2D eigenvalue weighted by atomic mass is 16.6. The van der Waals surface area contributed by atoms with Crippen LogP contribution in [0.5, 0.6) is 0 Å². The van der Waals surface area contributed by atoms with Gasteiger partial charge in [0.15, 0.2) is 0 Å². The number of ether oxygens (including phenoxy) is 4. The molecular formula is C33H32O6. The molecule has 0 amide bonds. The highest BCUT2D eigenvalue weighted by Gasteiger charge is 2.37. The maximum absolute atomic E-state index is 12.0. The van der Waals surface area contributed by atoms with Gasteiger partial charge < -0.3 is 18.9 Å². The summed E-state index contributed by atoms with van der Waals surface area (Å²) in [6.45, 7) is 1.58. The molecule has 0 radical (unpaired) electrons. The lowest BCUT2D eigenvalue weighted by atomic mass is 9.80. The normalized spacial score (nSPS) is 11.2. The number of hydrogen-bond donors (Lipinski definition) is 0. The number of ketones is 1. The van der Waals surface area contributed by atoms with E-state index >= 15 is 0 Å². The van der Waals surface area contributed by atoms with E-state index in [4.69, 9.17) is 18.9 Å². The highest BCUT2D eigenvalue weighted by Crippen LogP contribution is 2.40. The first-order valence-electron chi connectivity index (χ1n) is 12.9. The predicted octanol–water partition coefficient (Wildman–Crippen LogP) is 5.45. The zero-order valence-electron chi connectivity index (χ0n) is 21.7. The van der Waals surface area contributed by atoms with Gasteiger partial charge in [0, 0.05) is 5.56 Å². The lowest BCUT2D eigenvalue weighted by Crippen LogP contribution is -2.34. The average Bonchev–Trinajstić information content (AvgIpc) is 3.01. The molecule has 0 heterocycles. The second-order valence-electron chi connectivity index (χ2n) is 8.68. The van der Waals surface area contributed by atoms with Crippen LogP contribution in [0.25, 0.3) is 0 Å². The van der Waals surface area contributed by atoms with Crippen LogP contribution >= 0.6 is 0 Å². The van der Waals surface area contributed by atoms with Crippen molar-refractivity contribution in [1.82, 2.24) is 0 Å². The topological polar surface area (TPSA) is 71.1 Å². The van der Waals surface area contributed by atoms with E-state index in [0.717, 1.165) is 16.7 Å². The third-order valence-electron chi connectivity index (χ3n) is 6.14. The van der Waals surface area contributed by atoms with Crippen LogP contribution in [0.4, 0.5) is 0 Å². The summed E-state index contributed by atoms with van der Waals surface area (Å²) < 4.78 is 22.9. The van der Waals surface area contributed by atoms with E-state index in [1.807, 2.05) is 54.6 Å². The quantitative estimate of drug-likeness (QED) is 0.0677. The van der Waals surface area contributed by atoms with Gasteiger partial charge in [0.2, 0.25) is 0 Å². The van der Waals surface area contributed by atoms with E-state index in [1.54, 1.807) is 30.3 Å².